The van der Waals surface area contributed by atoms with Gasteiger partial charge < -0.3 is 19.5 Å². The van der Waals surface area contributed by atoms with Crippen molar-refractivity contribution in [3.8, 4) is 11.5 Å². The molecule has 1 heterocycles. The van der Waals surface area contributed by atoms with E-state index in [9.17, 15) is 14.4 Å². The molecule has 1 aliphatic heterocycles. The van der Waals surface area contributed by atoms with Gasteiger partial charge in [0.2, 0.25) is 5.91 Å². The molecule has 134 valence electrons. The minimum atomic E-state index is -0.644. The lowest BCUT2D eigenvalue weighted by molar-refractivity contribution is -0.130. The number of nitrogens with one attached hydrogen (secondary N) is 1. The summed E-state index contributed by atoms with van der Waals surface area (Å²) >= 11 is 0. The van der Waals surface area contributed by atoms with Crippen LogP contribution in [-0.2, 0) is 14.3 Å². The van der Waals surface area contributed by atoms with Crippen LogP contribution < -0.4 is 14.8 Å². The second kappa shape index (κ2) is 7.65. The van der Waals surface area contributed by atoms with Gasteiger partial charge in [0.25, 0.3) is 5.91 Å². The topological polar surface area (TPSA) is 107 Å². The third kappa shape index (κ3) is 3.87. The van der Waals surface area contributed by atoms with Crippen molar-refractivity contribution in [1.82, 2.24) is 5.01 Å². The molecule has 0 atom stereocenters. The van der Waals surface area contributed by atoms with Crippen LogP contribution in [0.2, 0.25) is 0 Å². The molecule has 0 spiro atoms. The van der Waals surface area contributed by atoms with E-state index in [0.717, 1.165) is 5.01 Å². The van der Waals surface area contributed by atoms with E-state index in [-0.39, 0.29) is 35.7 Å². The van der Waals surface area contributed by atoms with Crippen LogP contribution >= 0.6 is 0 Å². The quantitative estimate of drug-likeness (QED) is 0.796. The van der Waals surface area contributed by atoms with Crippen LogP contribution in [-0.4, -0.2) is 56.9 Å². The normalized spacial score (nSPS) is 13.8. The maximum atomic E-state index is 12.4. The summed E-state index contributed by atoms with van der Waals surface area (Å²) in [5.74, 6) is -0.673. The first-order chi connectivity index (χ1) is 11.9. The molecule has 0 aliphatic carbocycles. The highest BCUT2D eigenvalue weighted by Gasteiger charge is 2.24. The average molecular weight is 349 g/mol. The third-order valence-electron chi connectivity index (χ3n) is 3.65. The SMILES string of the molecule is COC(=O)c1cc(OC)c(OC)cc1NC(=O)C1=NN(C)C(=O)CC1. The molecule has 0 radical (unpaired) electrons. The molecule has 2 amide bonds. The second-order valence-corrected chi connectivity index (χ2v) is 5.16. The molecule has 1 aliphatic rings. The summed E-state index contributed by atoms with van der Waals surface area (Å²) in [7, 11) is 5.58. The monoisotopic (exact) mass is 349 g/mol. The van der Waals surface area contributed by atoms with Crippen LogP contribution in [0.5, 0.6) is 11.5 Å². The Morgan fingerprint density at radius 2 is 1.76 bits per heavy atom. The number of rotatable bonds is 5. The molecule has 0 aromatic heterocycles. The van der Waals surface area contributed by atoms with E-state index < -0.39 is 11.9 Å². The third-order valence-corrected chi connectivity index (χ3v) is 3.65. The number of amides is 2. The Balaban J connectivity index is 2.37. The molecular formula is C16H19N3O6. The Morgan fingerprint density at radius 3 is 2.32 bits per heavy atom. The van der Waals surface area contributed by atoms with Gasteiger partial charge in [-0.25, -0.2) is 9.80 Å². The summed E-state index contributed by atoms with van der Waals surface area (Å²) < 4.78 is 15.1. The van der Waals surface area contributed by atoms with E-state index in [4.69, 9.17) is 14.2 Å². The van der Waals surface area contributed by atoms with E-state index >= 15 is 0 Å². The molecule has 1 N–H and O–H groups in total. The van der Waals surface area contributed by atoms with E-state index in [0.29, 0.717) is 11.5 Å². The summed E-state index contributed by atoms with van der Waals surface area (Å²) in [5, 5.41) is 7.68. The van der Waals surface area contributed by atoms with E-state index in [2.05, 4.69) is 10.4 Å². The van der Waals surface area contributed by atoms with Gasteiger partial charge in [0.15, 0.2) is 11.5 Å². The molecule has 0 saturated carbocycles. The fraction of sp³-hybridized carbons (Fsp3) is 0.375. The van der Waals surface area contributed by atoms with Crippen LogP contribution in [0.3, 0.4) is 0 Å². The number of methoxy groups -OCH3 is 3. The van der Waals surface area contributed by atoms with Gasteiger partial charge in [-0.1, -0.05) is 0 Å². The second-order valence-electron chi connectivity index (χ2n) is 5.16. The maximum absolute atomic E-state index is 12.4. The lowest BCUT2D eigenvalue weighted by Crippen LogP contribution is -2.34. The molecule has 2 rings (SSSR count). The van der Waals surface area contributed by atoms with Gasteiger partial charge in [0, 0.05) is 32.0 Å². The van der Waals surface area contributed by atoms with Gasteiger partial charge in [0.1, 0.15) is 5.71 Å². The van der Waals surface area contributed by atoms with Crippen molar-refractivity contribution >= 4 is 29.2 Å². The van der Waals surface area contributed by atoms with Crippen molar-refractivity contribution in [2.45, 2.75) is 12.8 Å². The molecule has 0 fully saturated rings. The largest absolute Gasteiger partial charge is 0.493 e. The van der Waals surface area contributed by atoms with Gasteiger partial charge >= 0.3 is 5.97 Å². The molecule has 1 aromatic rings. The van der Waals surface area contributed by atoms with Crippen LogP contribution in [0, 0.1) is 0 Å². The first-order valence-electron chi connectivity index (χ1n) is 7.41. The van der Waals surface area contributed by atoms with Crippen LogP contribution in [0.4, 0.5) is 5.69 Å². The summed E-state index contributed by atoms with van der Waals surface area (Å²) in [6.07, 6.45) is 0.411. The van der Waals surface area contributed by atoms with Gasteiger partial charge in [-0.3, -0.25) is 9.59 Å². The molecule has 9 heteroatoms. The standard InChI is InChI=1S/C16H19N3O6/c1-19-14(20)6-5-10(18-19)15(21)17-11-8-13(24-3)12(23-2)7-9(11)16(22)25-4/h7-8H,5-6H2,1-4H3,(H,17,21). The van der Waals surface area contributed by atoms with Crippen molar-refractivity contribution < 1.29 is 28.6 Å². The van der Waals surface area contributed by atoms with Gasteiger partial charge in [-0.2, -0.15) is 5.10 Å². The Bertz CT molecular complexity index is 744. The zero-order chi connectivity index (χ0) is 18.6. The molecule has 0 bridgehead atoms. The highest BCUT2D eigenvalue weighted by Crippen LogP contribution is 2.33. The molecule has 0 saturated heterocycles. The number of esters is 1. The van der Waals surface area contributed by atoms with E-state index in [1.165, 1.54) is 40.5 Å². The summed E-state index contributed by atoms with van der Waals surface area (Å²) in [5.41, 5.74) is 0.485. The molecule has 9 nitrogen and oxygen atoms in total. The van der Waals surface area contributed by atoms with Crippen molar-refractivity contribution in [2.75, 3.05) is 33.7 Å². The number of anilines is 1. The minimum Gasteiger partial charge on any atom is -0.493 e. The zero-order valence-corrected chi connectivity index (χ0v) is 14.4. The first kappa shape index (κ1) is 18.2. The highest BCUT2D eigenvalue weighted by molar-refractivity contribution is 6.43. The van der Waals surface area contributed by atoms with Gasteiger partial charge in [-0.15, -0.1) is 0 Å². The predicted octanol–water partition coefficient (Wildman–Crippen LogP) is 1.04. The summed E-state index contributed by atoms with van der Waals surface area (Å²) in [4.78, 5) is 35.9. The lowest BCUT2D eigenvalue weighted by atomic mass is 10.1. The summed E-state index contributed by atoms with van der Waals surface area (Å²) in [6.45, 7) is 0. The smallest absolute Gasteiger partial charge is 0.340 e. The fourth-order valence-electron chi connectivity index (χ4n) is 2.29. The van der Waals surface area contributed by atoms with Gasteiger partial charge in [0.05, 0.1) is 32.6 Å². The number of nitrogens with zero attached hydrogens (tertiary/aromatic N) is 2. The van der Waals surface area contributed by atoms with Crippen LogP contribution in [0.25, 0.3) is 0 Å². The Morgan fingerprint density at radius 1 is 1.12 bits per heavy atom. The van der Waals surface area contributed by atoms with Crippen molar-refractivity contribution in [2.24, 2.45) is 5.10 Å². The van der Waals surface area contributed by atoms with Crippen molar-refractivity contribution in [3.63, 3.8) is 0 Å². The maximum Gasteiger partial charge on any atom is 0.340 e. The number of benzene rings is 1. The molecule has 0 unspecified atom stereocenters. The van der Waals surface area contributed by atoms with E-state index in [1.807, 2.05) is 0 Å². The Hall–Kier alpha value is -3.10. The number of hydrogen-bond acceptors (Lipinski definition) is 7. The van der Waals surface area contributed by atoms with Crippen molar-refractivity contribution in [3.05, 3.63) is 17.7 Å². The van der Waals surface area contributed by atoms with Crippen molar-refractivity contribution in [1.29, 1.82) is 0 Å². The fourth-order valence-corrected chi connectivity index (χ4v) is 2.29. The van der Waals surface area contributed by atoms with Crippen LogP contribution in [0.1, 0.15) is 23.2 Å². The zero-order valence-electron chi connectivity index (χ0n) is 14.4. The predicted molar refractivity (Wildman–Crippen MR) is 89.0 cm³/mol. The number of carbonyl (C=O) groups excluding carboxylic acids is 3. The number of hydrogen-bond donors (Lipinski definition) is 1. The highest BCUT2D eigenvalue weighted by atomic mass is 16.5. The minimum absolute atomic E-state index is 0.106. The van der Waals surface area contributed by atoms with Crippen LogP contribution in [0.15, 0.2) is 17.2 Å². The van der Waals surface area contributed by atoms with Gasteiger partial charge in [-0.05, 0) is 0 Å². The number of ether oxygens (including phenoxy) is 3. The van der Waals surface area contributed by atoms with E-state index in [1.54, 1.807) is 0 Å². The summed E-state index contributed by atoms with van der Waals surface area (Å²) in [6, 6.07) is 2.87. The first-order valence-corrected chi connectivity index (χ1v) is 7.41. The Labute approximate surface area is 144 Å². The molecule has 25 heavy (non-hydrogen) atoms. The molecular weight excluding hydrogens is 330 g/mol. The average Bonchev–Trinajstić information content (AvgIpc) is 2.62. The Kier molecular flexibility index (Phi) is 5.58. The number of hydrazone groups is 1. The lowest BCUT2D eigenvalue weighted by Gasteiger charge is -2.19. The number of carbonyl (C=O) groups is 3. The molecule has 1 aromatic carbocycles.